The van der Waals surface area contributed by atoms with Crippen LogP contribution in [-0.2, 0) is 16.1 Å². The number of hydrogen-bond acceptors (Lipinski definition) is 4. The second-order valence-corrected chi connectivity index (χ2v) is 6.15. The molecule has 1 aromatic heterocycles. The van der Waals surface area contributed by atoms with Gasteiger partial charge in [-0.2, -0.15) is 5.10 Å². The van der Waals surface area contributed by atoms with Crippen LogP contribution in [0.5, 0.6) is 0 Å². The quantitative estimate of drug-likeness (QED) is 0.839. The summed E-state index contributed by atoms with van der Waals surface area (Å²) in [5, 5.41) is 5.72. The molecule has 6 nitrogen and oxygen atoms in total. The second-order valence-electron chi connectivity index (χ2n) is 6.15. The highest BCUT2D eigenvalue weighted by atomic mass is 16.5. The molecule has 122 valence electrons. The Labute approximate surface area is 134 Å². The average Bonchev–Trinajstić information content (AvgIpc) is 2.51. The van der Waals surface area contributed by atoms with Gasteiger partial charge in [0.2, 0.25) is 5.91 Å². The number of rotatable bonds is 2. The minimum Gasteiger partial charge on any atom is -0.372 e. The fourth-order valence-electron chi connectivity index (χ4n) is 3.12. The van der Waals surface area contributed by atoms with Crippen LogP contribution in [0, 0.1) is 6.92 Å². The fourth-order valence-corrected chi connectivity index (χ4v) is 3.12. The molecule has 1 saturated heterocycles. The number of hydrogen-bond donors (Lipinski definition) is 0. The fraction of sp³-hybridized carbons (Fsp3) is 0.471. The molecule has 2 heterocycles. The topological polar surface area (TPSA) is 64.4 Å². The third kappa shape index (κ3) is 3.12. The minimum atomic E-state index is -0.228. The molecule has 6 heteroatoms. The number of aromatic nitrogens is 2. The van der Waals surface area contributed by atoms with Crippen LogP contribution in [0.15, 0.2) is 29.1 Å². The lowest BCUT2D eigenvalue weighted by atomic mass is 10.1. The Bertz CT molecular complexity index is 789. The van der Waals surface area contributed by atoms with Crippen LogP contribution in [0.2, 0.25) is 0 Å². The van der Waals surface area contributed by atoms with E-state index in [1.807, 2.05) is 39.0 Å². The number of amides is 1. The van der Waals surface area contributed by atoms with E-state index in [1.54, 1.807) is 11.0 Å². The van der Waals surface area contributed by atoms with Crippen LogP contribution in [0.25, 0.3) is 10.8 Å². The molecule has 2 aromatic rings. The van der Waals surface area contributed by atoms with Gasteiger partial charge in [-0.25, -0.2) is 4.68 Å². The third-order valence-electron chi connectivity index (χ3n) is 4.11. The molecule has 23 heavy (non-hydrogen) atoms. The van der Waals surface area contributed by atoms with Crippen molar-refractivity contribution in [3.05, 3.63) is 40.3 Å². The van der Waals surface area contributed by atoms with Gasteiger partial charge in [0.25, 0.3) is 5.56 Å². The molecule has 0 radical (unpaired) electrons. The zero-order valence-corrected chi connectivity index (χ0v) is 13.7. The van der Waals surface area contributed by atoms with Gasteiger partial charge in [0.05, 0.1) is 23.3 Å². The molecule has 0 bridgehead atoms. The molecular weight excluding hydrogens is 294 g/mol. The van der Waals surface area contributed by atoms with Crippen LogP contribution in [-0.4, -0.2) is 45.9 Å². The van der Waals surface area contributed by atoms with Crippen molar-refractivity contribution in [3.8, 4) is 0 Å². The van der Waals surface area contributed by atoms with Crippen molar-refractivity contribution >= 4 is 16.7 Å². The monoisotopic (exact) mass is 315 g/mol. The normalized spacial score (nSPS) is 21.6. The van der Waals surface area contributed by atoms with Crippen LogP contribution in [0.3, 0.4) is 0 Å². The van der Waals surface area contributed by atoms with E-state index in [4.69, 9.17) is 4.74 Å². The molecule has 2 atom stereocenters. The number of fused-ring (bicyclic) bond motifs is 1. The number of aryl methyl sites for hydroxylation is 1. The van der Waals surface area contributed by atoms with E-state index in [1.165, 1.54) is 4.68 Å². The summed E-state index contributed by atoms with van der Waals surface area (Å²) in [6, 6.07) is 7.34. The summed E-state index contributed by atoms with van der Waals surface area (Å²) in [5.41, 5.74) is 0.519. The third-order valence-corrected chi connectivity index (χ3v) is 4.11. The van der Waals surface area contributed by atoms with Crippen LogP contribution in [0.1, 0.15) is 19.5 Å². The van der Waals surface area contributed by atoms with Crippen molar-refractivity contribution in [2.24, 2.45) is 0 Å². The predicted octanol–water partition coefficient (Wildman–Crippen LogP) is 1.34. The van der Waals surface area contributed by atoms with Crippen LogP contribution in [0.4, 0.5) is 0 Å². The highest BCUT2D eigenvalue weighted by molar-refractivity contribution is 5.83. The van der Waals surface area contributed by atoms with Crippen molar-refractivity contribution in [1.82, 2.24) is 14.7 Å². The zero-order chi connectivity index (χ0) is 16.6. The molecular formula is C17H21N3O3. The number of morpholine rings is 1. The van der Waals surface area contributed by atoms with Gasteiger partial charge in [-0.1, -0.05) is 18.2 Å². The Morgan fingerprint density at radius 3 is 2.48 bits per heavy atom. The Balaban J connectivity index is 1.88. The summed E-state index contributed by atoms with van der Waals surface area (Å²) >= 11 is 0. The first-order valence-corrected chi connectivity index (χ1v) is 7.85. The summed E-state index contributed by atoms with van der Waals surface area (Å²) in [5.74, 6) is -0.101. The molecule has 0 unspecified atom stereocenters. The van der Waals surface area contributed by atoms with Gasteiger partial charge in [-0.15, -0.1) is 0 Å². The van der Waals surface area contributed by atoms with Gasteiger partial charge in [-0.05, 0) is 26.8 Å². The number of carbonyl (C=O) groups excluding carboxylic acids is 1. The molecule has 1 fully saturated rings. The van der Waals surface area contributed by atoms with Crippen LogP contribution < -0.4 is 5.56 Å². The first kappa shape index (κ1) is 15.7. The largest absolute Gasteiger partial charge is 0.372 e. The Hall–Kier alpha value is -2.21. The number of ether oxygens (including phenoxy) is 1. The van der Waals surface area contributed by atoms with Gasteiger partial charge in [0, 0.05) is 18.5 Å². The first-order chi connectivity index (χ1) is 11.0. The molecule has 0 N–H and O–H groups in total. The maximum atomic E-state index is 12.5. The highest BCUT2D eigenvalue weighted by Crippen LogP contribution is 2.13. The predicted molar refractivity (Wildman–Crippen MR) is 87.3 cm³/mol. The minimum absolute atomic E-state index is 0.00530. The van der Waals surface area contributed by atoms with E-state index < -0.39 is 0 Å². The van der Waals surface area contributed by atoms with Crippen molar-refractivity contribution in [2.45, 2.75) is 39.5 Å². The smallest absolute Gasteiger partial charge is 0.275 e. The van der Waals surface area contributed by atoms with E-state index in [9.17, 15) is 9.59 Å². The van der Waals surface area contributed by atoms with Crippen molar-refractivity contribution < 1.29 is 9.53 Å². The number of benzene rings is 1. The lowest BCUT2D eigenvalue weighted by Gasteiger charge is -2.35. The first-order valence-electron chi connectivity index (χ1n) is 7.85. The van der Waals surface area contributed by atoms with E-state index in [0.29, 0.717) is 18.5 Å². The standard InChI is InChI=1S/C17H21N3O3/c1-11-8-19(9-12(2)23-11)16(21)10-20-17(22)15-7-5-4-6-14(15)13(3)18-20/h4-7,11-12H,8-10H2,1-3H3/t11-,12-/m1/s1. The lowest BCUT2D eigenvalue weighted by Crippen LogP contribution is -2.49. The summed E-state index contributed by atoms with van der Waals surface area (Å²) in [6.07, 6.45) is 0.0106. The molecule has 1 aliphatic heterocycles. The maximum Gasteiger partial charge on any atom is 0.275 e. The average molecular weight is 315 g/mol. The van der Waals surface area contributed by atoms with Crippen LogP contribution >= 0.6 is 0 Å². The summed E-state index contributed by atoms with van der Waals surface area (Å²) in [6.45, 7) is 6.79. The summed E-state index contributed by atoms with van der Waals surface area (Å²) in [4.78, 5) is 26.8. The molecule has 0 saturated carbocycles. The van der Waals surface area contributed by atoms with E-state index in [2.05, 4.69) is 5.10 Å². The second kappa shape index (κ2) is 6.12. The van der Waals surface area contributed by atoms with E-state index in [0.717, 1.165) is 11.1 Å². The SMILES string of the molecule is Cc1nn(CC(=O)N2C[C@@H](C)O[C@H](C)C2)c(=O)c2ccccc12. The molecule has 0 spiro atoms. The lowest BCUT2D eigenvalue weighted by molar-refractivity contribution is -0.144. The van der Waals surface area contributed by atoms with Gasteiger partial charge in [-0.3, -0.25) is 9.59 Å². The molecule has 1 amide bonds. The zero-order valence-electron chi connectivity index (χ0n) is 13.7. The number of carbonyl (C=O) groups is 1. The summed E-state index contributed by atoms with van der Waals surface area (Å²) in [7, 11) is 0. The molecule has 1 aromatic carbocycles. The highest BCUT2D eigenvalue weighted by Gasteiger charge is 2.26. The molecule has 1 aliphatic rings. The molecule has 0 aliphatic carbocycles. The van der Waals surface area contributed by atoms with Crippen molar-refractivity contribution in [2.75, 3.05) is 13.1 Å². The van der Waals surface area contributed by atoms with Crippen molar-refractivity contribution in [3.63, 3.8) is 0 Å². The number of nitrogens with zero attached hydrogens (tertiary/aromatic N) is 3. The van der Waals surface area contributed by atoms with Gasteiger partial charge in [0.1, 0.15) is 6.54 Å². The van der Waals surface area contributed by atoms with E-state index >= 15 is 0 Å². The van der Waals surface area contributed by atoms with Gasteiger partial charge >= 0.3 is 0 Å². The Morgan fingerprint density at radius 1 is 1.22 bits per heavy atom. The van der Waals surface area contributed by atoms with Gasteiger partial charge < -0.3 is 9.64 Å². The van der Waals surface area contributed by atoms with Gasteiger partial charge in [0.15, 0.2) is 0 Å². The summed E-state index contributed by atoms with van der Waals surface area (Å²) < 4.78 is 6.91. The molecule has 3 rings (SSSR count). The Kier molecular flexibility index (Phi) is 4.17. The van der Waals surface area contributed by atoms with E-state index in [-0.39, 0.29) is 30.2 Å². The van der Waals surface area contributed by atoms with Crippen molar-refractivity contribution in [1.29, 1.82) is 0 Å². The maximum absolute atomic E-state index is 12.5. The Morgan fingerprint density at radius 2 is 1.83 bits per heavy atom.